The number of nitrogens with zero attached hydrogens (tertiary/aromatic N) is 3. The lowest BCUT2D eigenvalue weighted by Gasteiger charge is -2.13. The Hall–Kier alpha value is -1.70. The van der Waals surface area contributed by atoms with Crippen LogP contribution in [-0.2, 0) is 11.3 Å². The molecule has 2 aromatic heterocycles. The van der Waals surface area contributed by atoms with E-state index in [0.29, 0.717) is 25.2 Å². The molecular weight excluding hydrogens is 260 g/mol. The van der Waals surface area contributed by atoms with Crippen LogP contribution in [-0.4, -0.2) is 52.2 Å². The molecule has 0 radical (unpaired) electrons. The molecule has 0 aliphatic carbocycles. The standard InChI is InChI=1S/C13H20N4O3/c1-10-7-12-13(19)16(4-5-17(12)15-10)9-11(18)8-14-3-6-20-2/h4-5,7,11,14,18H,3,6,8-9H2,1-2H3. The molecule has 0 aliphatic rings. The van der Waals surface area contributed by atoms with Crippen LogP contribution in [0, 0.1) is 6.92 Å². The van der Waals surface area contributed by atoms with Gasteiger partial charge in [0.25, 0.3) is 5.56 Å². The smallest absolute Gasteiger partial charge is 0.276 e. The molecule has 2 aromatic rings. The molecule has 7 heteroatoms. The molecule has 0 bridgehead atoms. The molecule has 1 atom stereocenters. The van der Waals surface area contributed by atoms with E-state index in [1.807, 2.05) is 6.92 Å². The van der Waals surface area contributed by atoms with Crippen LogP contribution >= 0.6 is 0 Å². The number of hydrogen-bond acceptors (Lipinski definition) is 5. The van der Waals surface area contributed by atoms with Crippen molar-refractivity contribution < 1.29 is 9.84 Å². The van der Waals surface area contributed by atoms with E-state index >= 15 is 0 Å². The van der Waals surface area contributed by atoms with E-state index in [-0.39, 0.29) is 12.1 Å². The van der Waals surface area contributed by atoms with Crippen LogP contribution in [0.15, 0.2) is 23.3 Å². The Bertz CT molecular complexity index is 620. The van der Waals surface area contributed by atoms with E-state index in [1.165, 1.54) is 4.57 Å². The molecule has 0 saturated heterocycles. The highest BCUT2D eigenvalue weighted by molar-refractivity contribution is 5.44. The molecule has 2 rings (SSSR count). The zero-order valence-corrected chi connectivity index (χ0v) is 11.7. The number of aryl methyl sites for hydroxylation is 1. The third kappa shape index (κ3) is 3.44. The maximum absolute atomic E-state index is 12.2. The molecule has 0 saturated carbocycles. The van der Waals surface area contributed by atoms with Crippen LogP contribution < -0.4 is 10.9 Å². The van der Waals surface area contributed by atoms with Gasteiger partial charge in [0.15, 0.2) is 0 Å². The van der Waals surface area contributed by atoms with Crippen LogP contribution in [0.2, 0.25) is 0 Å². The van der Waals surface area contributed by atoms with Crippen molar-refractivity contribution in [2.24, 2.45) is 0 Å². The molecule has 0 spiro atoms. The third-order valence-electron chi connectivity index (χ3n) is 3.00. The minimum Gasteiger partial charge on any atom is -0.390 e. The number of methoxy groups -OCH3 is 1. The number of hydrogen-bond donors (Lipinski definition) is 2. The van der Waals surface area contributed by atoms with Gasteiger partial charge in [0.2, 0.25) is 0 Å². The predicted molar refractivity (Wildman–Crippen MR) is 74.9 cm³/mol. The monoisotopic (exact) mass is 280 g/mol. The number of fused-ring (bicyclic) bond motifs is 1. The van der Waals surface area contributed by atoms with Crippen molar-refractivity contribution in [2.45, 2.75) is 19.6 Å². The number of rotatable bonds is 7. The van der Waals surface area contributed by atoms with E-state index in [0.717, 1.165) is 5.69 Å². The van der Waals surface area contributed by atoms with Gasteiger partial charge in [0.1, 0.15) is 5.52 Å². The van der Waals surface area contributed by atoms with Gasteiger partial charge in [0, 0.05) is 32.6 Å². The first-order valence-electron chi connectivity index (χ1n) is 6.55. The lowest BCUT2D eigenvalue weighted by Crippen LogP contribution is -2.35. The Morgan fingerprint density at radius 3 is 3.05 bits per heavy atom. The highest BCUT2D eigenvalue weighted by Crippen LogP contribution is 2.00. The Morgan fingerprint density at radius 1 is 1.50 bits per heavy atom. The second-order valence-electron chi connectivity index (χ2n) is 4.72. The van der Waals surface area contributed by atoms with Crippen molar-refractivity contribution in [1.29, 1.82) is 0 Å². The summed E-state index contributed by atoms with van der Waals surface area (Å²) in [6, 6.07) is 1.74. The summed E-state index contributed by atoms with van der Waals surface area (Å²) in [6.07, 6.45) is 2.73. The largest absolute Gasteiger partial charge is 0.390 e. The summed E-state index contributed by atoms with van der Waals surface area (Å²) in [5, 5.41) is 17.2. The molecule has 2 N–H and O–H groups in total. The van der Waals surface area contributed by atoms with Crippen LogP contribution in [0.3, 0.4) is 0 Å². The van der Waals surface area contributed by atoms with Gasteiger partial charge in [-0.1, -0.05) is 0 Å². The van der Waals surface area contributed by atoms with Gasteiger partial charge < -0.3 is 19.7 Å². The van der Waals surface area contributed by atoms with Gasteiger partial charge in [-0.15, -0.1) is 0 Å². The second-order valence-corrected chi connectivity index (χ2v) is 4.72. The molecular formula is C13H20N4O3. The summed E-state index contributed by atoms with van der Waals surface area (Å²) in [6.45, 7) is 3.77. The average Bonchev–Trinajstić information content (AvgIpc) is 2.80. The lowest BCUT2D eigenvalue weighted by atomic mass is 10.3. The first-order valence-corrected chi connectivity index (χ1v) is 6.55. The Morgan fingerprint density at radius 2 is 2.30 bits per heavy atom. The molecule has 7 nitrogen and oxygen atoms in total. The summed E-state index contributed by atoms with van der Waals surface area (Å²) >= 11 is 0. The van der Waals surface area contributed by atoms with E-state index in [2.05, 4.69) is 10.4 Å². The number of aliphatic hydroxyl groups is 1. The average molecular weight is 280 g/mol. The minimum atomic E-state index is -0.629. The first kappa shape index (κ1) is 14.7. The van der Waals surface area contributed by atoms with Crippen molar-refractivity contribution in [3.05, 3.63) is 34.5 Å². The van der Waals surface area contributed by atoms with Crippen LogP contribution in [0.4, 0.5) is 0 Å². The Kier molecular flexibility index (Phi) is 4.89. The highest BCUT2D eigenvalue weighted by atomic mass is 16.5. The Balaban J connectivity index is 2.02. The summed E-state index contributed by atoms with van der Waals surface area (Å²) < 4.78 is 7.95. The van der Waals surface area contributed by atoms with Crippen molar-refractivity contribution in [3.63, 3.8) is 0 Å². The fourth-order valence-corrected chi connectivity index (χ4v) is 2.03. The number of aromatic nitrogens is 3. The van der Waals surface area contributed by atoms with E-state index in [1.54, 1.807) is 30.1 Å². The van der Waals surface area contributed by atoms with E-state index in [4.69, 9.17) is 4.74 Å². The SMILES string of the molecule is COCCNCC(O)Cn1ccn2nc(C)cc2c1=O. The van der Waals surface area contributed by atoms with Gasteiger partial charge >= 0.3 is 0 Å². The normalized spacial score (nSPS) is 12.9. The fourth-order valence-electron chi connectivity index (χ4n) is 2.03. The predicted octanol–water partition coefficient (Wildman–Crippen LogP) is -0.599. The molecule has 2 heterocycles. The number of nitrogens with one attached hydrogen (secondary N) is 1. The molecule has 0 amide bonds. The minimum absolute atomic E-state index is 0.149. The van der Waals surface area contributed by atoms with Crippen molar-refractivity contribution >= 4 is 5.52 Å². The van der Waals surface area contributed by atoms with Crippen LogP contribution in [0.25, 0.3) is 5.52 Å². The van der Waals surface area contributed by atoms with E-state index < -0.39 is 6.10 Å². The van der Waals surface area contributed by atoms with Crippen LogP contribution in [0.5, 0.6) is 0 Å². The fraction of sp³-hybridized carbons (Fsp3) is 0.538. The molecule has 1 unspecified atom stereocenters. The van der Waals surface area contributed by atoms with Gasteiger partial charge in [-0.3, -0.25) is 4.79 Å². The number of ether oxygens (including phenoxy) is 1. The van der Waals surface area contributed by atoms with Gasteiger partial charge in [-0.05, 0) is 13.0 Å². The molecule has 0 aromatic carbocycles. The zero-order chi connectivity index (χ0) is 14.5. The highest BCUT2D eigenvalue weighted by Gasteiger charge is 2.09. The second kappa shape index (κ2) is 6.65. The summed E-state index contributed by atoms with van der Waals surface area (Å²) in [5.41, 5.74) is 1.16. The van der Waals surface area contributed by atoms with Crippen molar-refractivity contribution in [2.75, 3.05) is 26.8 Å². The first-order chi connectivity index (χ1) is 9.61. The summed E-state index contributed by atoms with van der Waals surface area (Å²) in [5.74, 6) is 0. The molecule has 20 heavy (non-hydrogen) atoms. The lowest BCUT2D eigenvalue weighted by molar-refractivity contribution is 0.143. The Labute approximate surface area is 116 Å². The topological polar surface area (TPSA) is 80.8 Å². The van der Waals surface area contributed by atoms with Crippen LogP contribution in [0.1, 0.15) is 5.69 Å². The van der Waals surface area contributed by atoms with Gasteiger partial charge in [-0.25, -0.2) is 4.52 Å². The maximum atomic E-state index is 12.2. The molecule has 110 valence electrons. The summed E-state index contributed by atoms with van der Waals surface area (Å²) in [4.78, 5) is 12.2. The third-order valence-corrected chi connectivity index (χ3v) is 3.00. The maximum Gasteiger partial charge on any atom is 0.276 e. The van der Waals surface area contributed by atoms with Gasteiger partial charge in [0.05, 0.1) is 24.9 Å². The number of aliphatic hydroxyl groups excluding tert-OH is 1. The quantitative estimate of drug-likeness (QED) is 0.662. The molecule has 0 aliphatic heterocycles. The van der Waals surface area contributed by atoms with Crippen molar-refractivity contribution in [3.8, 4) is 0 Å². The van der Waals surface area contributed by atoms with E-state index in [9.17, 15) is 9.90 Å². The summed E-state index contributed by atoms with van der Waals surface area (Å²) in [7, 11) is 1.63. The molecule has 0 fully saturated rings. The van der Waals surface area contributed by atoms with Crippen molar-refractivity contribution in [1.82, 2.24) is 19.5 Å². The zero-order valence-electron chi connectivity index (χ0n) is 11.7. The van der Waals surface area contributed by atoms with Gasteiger partial charge in [-0.2, -0.15) is 5.10 Å².